The fourth-order valence-corrected chi connectivity index (χ4v) is 5.49. The van der Waals surface area contributed by atoms with Crippen molar-refractivity contribution in [3.05, 3.63) is 12.2 Å². The smallest absolute Gasteiger partial charge is 0.220 e. The number of nitrogens with one attached hydrogen (secondary N) is 1. The van der Waals surface area contributed by atoms with E-state index in [1.807, 2.05) is 0 Å². The average Bonchev–Trinajstić information content (AvgIpc) is 2.94. The lowest BCUT2D eigenvalue weighted by molar-refractivity contribution is -0.123. The van der Waals surface area contributed by atoms with Gasteiger partial charge in [0.05, 0.1) is 0 Å². The van der Waals surface area contributed by atoms with Crippen LogP contribution in [0.4, 0.5) is 0 Å². The van der Waals surface area contributed by atoms with Crippen LogP contribution >= 0.6 is 0 Å². The summed E-state index contributed by atoms with van der Waals surface area (Å²) in [5.41, 5.74) is 5.64. The van der Waals surface area contributed by atoms with E-state index in [1.54, 1.807) is 0 Å². The van der Waals surface area contributed by atoms with Crippen LogP contribution in [0, 0.1) is 5.92 Å². The molecule has 0 aliphatic rings. The molecule has 2 amide bonds. The number of amides is 2. The fraction of sp³-hybridized carbons (Fsp3) is 0.889. The SMILES string of the molecule is CCCCCCCCC=CCCCCCCC(CCNC(=O)CCCCCCCCCCCCCCC)C(N)=O. The van der Waals surface area contributed by atoms with Gasteiger partial charge in [-0.05, 0) is 44.9 Å². The molecule has 0 aromatic rings. The van der Waals surface area contributed by atoms with E-state index in [9.17, 15) is 9.59 Å². The summed E-state index contributed by atoms with van der Waals surface area (Å²) < 4.78 is 0. The quantitative estimate of drug-likeness (QED) is 0.0632. The molecule has 40 heavy (non-hydrogen) atoms. The van der Waals surface area contributed by atoms with Crippen LogP contribution in [0.5, 0.6) is 0 Å². The lowest BCUT2D eigenvalue weighted by atomic mass is 9.96. The molecular formula is C36H70N2O2. The van der Waals surface area contributed by atoms with Gasteiger partial charge in [0.2, 0.25) is 11.8 Å². The maximum atomic E-state index is 12.2. The number of hydrogen-bond acceptors (Lipinski definition) is 2. The molecular weight excluding hydrogens is 492 g/mol. The van der Waals surface area contributed by atoms with E-state index in [4.69, 9.17) is 5.73 Å². The Morgan fingerprint density at radius 1 is 0.550 bits per heavy atom. The van der Waals surface area contributed by atoms with Crippen LogP contribution in [0.3, 0.4) is 0 Å². The van der Waals surface area contributed by atoms with Gasteiger partial charge in [0.1, 0.15) is 0 Å². The third-order valence-electron chi connectivity index (χ3n) is 8.29. The maximum absolute atomic E-state index is 12.2. The summed E-state index contributed by atoms with van der Waals surface area (Å²) in [5, 5.41) is 3.01. The van der Waals surface area contributed by atoms with Crippen LogP contribution in [0.15, 0.2) is 12.2 Å². The monoisotopic (exact) mass is 563 g/mol. The molecule has 4 nitrogen and oxygen atoms in total. The summed E-state index contributed by atoms with van der Waals surface area (Å²) in [7, 11) is 0. The number of unbranched alkanes of at least 4 members (excludes halogenated alkanes) is 22. The number of primary amides is 1. The molecule has 0 bridgehead atoms. The predicted octanol–water partition coefficient (Wildman–Crippen LogP) is 10.7. The molecule has 0 rings (SSSR count). The Bertz CT molecular complexity index is 575. The van der Waals surface area contributed by atoms with Gasteiger partial charge in [0.15, 0.2) is 0 Å². The summed E-state index contributed by atoms with van der Waals surface area (Å²) in [6.07, 6.45) is 39.1. The number of hydrogen-bond donors (Lipinski definition) is 2. The van der Waals surface area contributed by atoms with E-state index < -0.39 is 0 Å². The molecule has 0 fully saturated rings. The first kappa shape index (κ1) is 38.7. The molecule has 0 spiro atoms. The Balaban J connectivity index is 3.56. The Hall–Kier alpha value is -1.32. The van der Waals surface area contributed by atoms with E-state index in [0.29, 0.717) is 19.4 Å². The molecule has 0 saturated carbocycles. The normalized spacial score (nSPS) is 12.2. The first-order valence-corrected chi connectivity index (χ1v) is 17.8. The minimum absolute atomic E-state index is 0.117. The highest BCUT2D eigenvalue weighted by molar-refractivity contribution is 5.77. The maximum Gasteiger partial charge on any atom is 0.220 e. The van der Waals surface area contributed by atoms with E-state index >= 15 is 0 Å². The highest BCUT2D eigenvalue weighted by atomic mass is 16.2. The number of carbonyl (C=O) groups is 2. The zero-order chi connectivity index (χ0) is 29.4. The Morgan fingerprint density at radius 3 is 1.40 bits per heavy atom. The lowest BCUT2D eigenvalue weighted by Crippen LogP contribution is -2.30. The first-order chi connectivity index (χ1) is 19.6. The van der Waals surface area contributed by atoms with Crippen LogP contribution in [-0.4, -0.2) is 18.4 Å². The fourth-order valence-electron chi connectivity index (χ4n) is 5.49. The van der Waals surface area contributed by atoms with Gasteiger partial charge in [-0.25, -0.2) is 0 Å². The Kier molecular flexibility index (Phi) is 31.1. The van der Waals surface area contributed by atoms with Crippen LogP contribution in [0.1, 0.15) is 194 Å². The molecule has 236 valence electrons. The van der Waals surface area contributed by atoms with Gasteiger partial charge in [-0.2, -0.15) is 0 Å². The van der Waals surface area contributed by atoms with E-state index in [0.717, 1.165) is 32.1 Å². The van der Waals surface area contributed by atoms with Crippen molar-refractivity contribution < 1.29 is 9.59 Å². The second-order valence-electron chi connectivity index (χ2n) is 12.2. The van der Waals surface area contributed by atoms with Gasteiger partial charge in [0, 0.05) is 18.9 Å². The molecule has 3 N–H and O–H groups in total. The molecule has 0 saturated heterocycles. The van der Waals surface area contributed by atoms with Crippen molar-refractivity contribution in [3.8, 4) is 0 Å². The van der Waals surface area contributed by atoms with Crippen LogP contribution in [0.2, 0.25) is 0 Å². The second-order valence-corrected chi connectivity index (χ2v) is 12.2. The number of nitrogens with two attached hydrogens (primary N) is 1. The highest BCUT2D eigenvalue weighted by Crippen LogP contribution is 2.16. The predicted molar refractivity (Wildman–Crippen MR) is 175 cm³/mol. The zero-order valence-corrected chi connectivity index (χ0v) is 27.1. The van der Waals surface area contributed by atoms with Crippen molar-refractivity contribution in [1.29, 1.82) is 0 Å². The van der Waals surface area contributed by atoms with Gasteiger partial charge >= 0.3 is 0 Å². The van der Waals surface area contributed by atoms with Crippen LogP contribution in [0.25, 0.3) is 0 Å². The van der Waals surface area contributed by atoms with Crippen molar-refractivity contribution >= 4 is 11.8 Å². The molecule has 0 aliphatic carbocycles. The van der Waals surface area contributed by atoms with E-state index in [1.165, 1.54) is 135 Å². The van der Waals surface area contributed by atoms with Crippen molar-refractivity contribution in [3.63, 3.8) is 0 Å². The number of allylic oxidation sites excluding steroid dienone is 2. The van der Waals surface area contributed by atoms with Gasteiger partial charge < -0.3 is 11.1 Å². The Labute approximate surface area is 250 Å². The van der Waals surface area contributed by atoms with Crippen molar-refractivity contribution in [1.82, 2.24) is 5.32 Å². The molecule has 4 heteroatoms. The topological polar surface area (TPSA) is 72.2 Å². The standard InChI is InChI=1S/C36H70N2O2/c1-3-5-7-9-11-13-15-17-19-20-22-24-26-28-30-34(36(37)40)32-33-38-35(39)31-29-27-25-23-21-18-16-14-12-10-8-6-4-2/h17,19,34H,3-16,18,20-33H2,1-2H3,(H2,37,40)(H,38,39). The third-order valence-corrected chi connectivity index (χ3v) is 8.29. The van der Waals surface area contributed by atoms with Gasteiger partial charge in [-0.3, -0.25) is 9.59 Å². The third kappa shape index (κ3) is 29.7. The highest BCUT2D eigenvalue weighted by Gasteiger charge is 2.15. The molecule has 0 aliphatic heterocycles. The summed E-state index contributed by atoms with van der Waals surface area (Å²) in [5.74, 6) is -0.215. The largest absolute Gasteiger partial charge is 0.369 e. The zero-order valence-electron chi connectivity index (χ0n) is 27.1. The van der Waals surface area contributed by atoms with Crippen LogP contribution < -0.4 is 11.1 Å². The lowest BCUT2D eigenvalue weighted by Gasteiger charge is -2.14. The van der Waals surface area contributed by atoms with Crippen molar-refractivity contribution in [2.24, 2.45) is 11.7 Å². The summed E-state index contributed by atoms with van der Waals surface area (Å²) in [4.78, 5) is 24.0. The summed E-state index contributed by atoms with van der Waals surface area (Å²) >= 11 is 0. The molecule has 0 aromatic carbocycles. The van der Waals surface area contributed by atoms with Crippen LogP contribution in [-0.2, 0) is 9.59 Å². The average molecular weight is 563 g/mol. The van der Waals surface area contributed by atoms with Crippen molar-refractivity contribution in [2.45, 2.75) is 194 Å². The molecule has 0 radical (unpaired) electrons. The summed E-state index contributed by atoms with van der Waals surface area (Å²) in [6.45, 7) is 5.10. The minimum Gasteiger partial charge on any atom is -0.369 e. The van der Waals surface area contributed by atoms with E-state index in [2.05, 4.69) is 31.3 Å². The van der Waals surface area contributed by atoms with Gasteiger partial charge in [-0.15, -0.1) is 0 Å². The summed E-state index contributed by atoms with van der Waals surface area (Å²) in [6, 6.07) is 0. The first-order valence-electron chi connectivity index (χ1n) is 17.8. The minimum atomic E-state index is -0.219. The van der Waals surface area contributed by atoms with E-state index in [-0.39, 0.29) is 17.7 Å². The Morgan fingerprint density at radius 2 is 0.950 bits per heavy atom. The molecule has 0 heterocycles. The number of carbonyl (C=O) groups excluding carboxylic acids is 2. The van der Waals surface area contributed by atoms with Gasteiger partial charge in [-0.1, -0.05) is 154 Å². The molecule has 0 aromatic heterocycles. The molecule has 1 unspecified atom stereocenters. The molecule has 1 atom stereocenters. The number of rotatable bonds is 32. The second kappa shape index (κ2) is 32.2. The van der Waals surface area contributed by atoms with Gasteiger partial charge in [0.25, 0.3) is 0 Å². The van der Waals surface area contributed by atoms with Crippen molar-refractivity contribution in [2.75, 3.05) is 6.54 Å².